The monoisotopic (exact) mass is 330 g/mol. The first kappa shape index (κ1) is 14.5. The van der Waals surface area contributed by atoms with E-state index in [1.807, 2.05) is 18.2 Å². The van der Waals surface area contributed by atoms with E-state index in [1.165, 1.54) is 22.3 Å². The van der Waals surface area contributed by atoms with Crippen molar-refractivity contribution in [3.05, 3.63) is 65.7 Å². The summed E-state index contributed by atoms with van der Waals surface area (Å²) in [5, 5.41) is 2.85. The third-order valence-corrected chi connectivity index (χ3v) is 5.42. The Morgan fingerprint density at radius 3 is 2.64 bits per heavy atom. The molecule has 2 atom stereocenters. The van der Waals surface area contributed by atoms with Crippen molar-refractivity contribution < 1.29 is 9.59 Å². The highest BCUT2D eigenvalue weighted by Gasteiger charge is 2.41. The highest BCUT2D eigenvalue weighted by molar-refractivity contribution is 6.09. The first-order chi connectivity index (χ1) is 12.2. The number of amides is 2. The second-order valence-electron chi connectivity index (χ2n) is 6.90. The Bertz CT molecular complexity index is 931. The Balaban J connectivity index is 1.58. The van der Waals surface area contributed by atoms with Crippen LogP contribution in [0, 0.1) is 0 Å². The van der Waals surface area contributed by atoms with E-state index in [2.05, 4.69) is 41.7 Å². The number of nitrogens with one attached hydrogen (secondary N) is 1. The molecule has 4 heteroatoms. The molecular weight excluding hydrogens is 312 g/mol. The van der Waals surface area contributed by atoms with Crippen molar-refractivity contribution in [3.8, 4) is 11.1 Å². The highest BCUT2D eigenvalue weighted by Crippen LogP contribution is 2.39. The topological polar surface area (TPSA) is 49.4 Å². The van der Waals surface area contributed by atoms with Gasteiger partial charge in [0, 0.05) is 5.69 Å². The van der Waals surface area contributed by atoms with Gasteiger partial charge in [-0.05, 0) is 53.6 Å². The van der Waals surface area contributed by atoms with Gasteiger partial charge < -0.3 is 5.32 Å². The lowest BCUT2D eigenvalue weighted by Crippen LogP contribution is -2.64. The van der Waals surface area contributed by atoms with Crippen molar-refractivity contribution in [2.24, 2.45) is 0 Å². The molecule has 6 rings (SSSR count). The molecule has 1 saturated heterocycles. The molecule has 1 fully saturated rings. The number of piperazine rings is 1. The van der Waals surface area contributed by atoms with Crippen molar-refractivity contribution in [3.63, 3.8) is 0 Å². The number of anilines is 1. The van der Waals surface area contributed by atoms with E-state index in [4.69, 9.17) is 0 Å². The summed E-state index contributed by atoms with van der Waals surface area (Å²) in [6.07, 6.45) is 6.00. The Hall–Kier alpha value is -2.88. The van der Waals surface area contributed by atoms with Gasteiger partial charge in [-0.2, -0.15) is 0 Å². The zero-order valence-electron chi connectivity index (χ0n) is 13.7. The molecule has 4 aliphatic rings. The fraction of sp³-hybridized carbons (Fsp3) is 0.238. The van der Waals surface area contributed by atoms with Crippen LogP contribution in [0.4, 0.5) is 5.69 Å². The molecule has 2 aromatic carbocycles. The lowest BCUT2D eigenvalue weighted by atomic mass is 9.96. The SMILES string of the molecule is O=C1NC2C/C=C\CC1N(c1ccc3c(c1)Cc1ccccc1-3)C2=O. The van der Waals surface area contributed by atoms with Crippen LogP contribution in [0.1, 0.15) is 24.0 Å². The molecule has 25 heavy (non-hydrogen) atoms. The van der Waals surface area contributed by atoms with Gasteiger partial charge in [-0.1, -0.05) is 42.5 Å². The van der Waals surface area contributed by atoms with Gasteiger partial charge in [0.05, 0.1) is 0 Å². The van der Waals surface area contributed by atoms with Crippen LogP contribution in [0.3, 0.4) is 0 Å². The Labute approximate surface area is 146 Å². The molecule has 1 N–H and O–H groups in total. The van der Waals surface area contributed by atoms with Crippen LogP contribution < -0.4 is 10.2 Å². The predicted molar refractivity (Wildman–Crippen MR) is 96.3 cm³/mol. The summed E-state index contributed by atoms with van der Waals surface area (Å²) in [5.74, 6) is -0.0675. The Morgan fingerprint density at radius 2 is 1.72 bits per heavy atom. The van der Waals surface area contributed by atoms with Gasteiger partial charge in [-0.3, -0.25) is 14.5 Å². The van der Waals surface area contributed by atoms with Crippen molar-refractivity contribution in [1.29, 1.82) is 0 Å². The molecule has 4 nitrogen and oxygen atoms in total. The van der Waals surface area contributed by atoms with Gasteiger partial charge in [0.2, 0.25) is 5.91 Å². The molecule has 2 aromatic rings. The van der Waals surface area contributed by atoms with Crippen molar-refractivity contribution in [2.45, 2.75) is 31.3 Å². The number of benzene rings is 2. The fourth-order valence-corrected chi connectivity index (χ4v) is 4.19. The number of carbonyl (C=O) groups excluding carboxylic acids is 2. The quantitative estimate of drug-likeness (QED) is 0.698. The zero-order chi connectivity index (χ0) is 17.0. The van der Waals surface area contributed by atoms with Gasteiger partial charge in [0.15, 0.2) is 0 Å². The molecule has 2 unspecified atom stereocenters. The molecule has 2 amide bonds. The summed E-state index contributed by atoms with van der Waals surface area (Å²) in [7, 11) is 0. The minimum absolute atomic E-state index is 0.00980. The summed E-state index contributed by atoms with van der Waals surface area (Å²) in [5.41, 5.74) is 5.87. The third kappa shape index (κ3) is 2.14. The van der Waals surface area contributed by atoms with Crippen molar-refractivity contribution >= 4 is 17.5 Å². The Morgan fingerprint density at radius 1 is 0.920 bits per heavy atom. The average molecular weight is 330 g/mol. The van der Waals surface area contributed by atoms with E-state index in [-0.39, 0.29) is 11.8 Å². The largest absolute Gasteiger partial charge is 0.342 e. The van der Waals surface area contributed by atoms with E-state index in [0.29, 0.717) is 12.8 Å². The van der Waals surface area contributed by atoms with Gasteiger partial charge in [-0.15, -0.1) is 0 Å². The summed E-state index contributed by atoms with van der Waals surface area (Å²) < 4.78 is 0. The molecule has 1 aliphatic carbocycles. The summed E-state index contributed by atoms with van der Waals surface area (Å²) in [6.45, 7) is 0. The average Bonchev–Trinajstić information content (AvgIpc) is 2.97. The first-order valence-corrected chi connectivity index (χ1v) is 8.72. The second-order valence-corrected chi connectivity index (χ2v) is 6.90. The molecule has 3 heterocycles. The lowest BCUT2D eigenvalue weighted by molar-refractivity contribution is -0.133. The molecule has 0 aromatic heterocycles. The molecule has 0 radical (unpaired) electrons. The van der Waals surface area contributed by atoms with Crippen LogP contribution in [0.15, 0.2) is 54.6 Å². The Kier molecular flexibility index (Phi) is 3.07. The standard InChI is InChI=1S/C21H18N2O2/c24-20-19-8-4-3-7-18(22-20)21(25)23(19)15-9-10-17-14(12-15)11-13-5-1-2-6-16(13)17/h1-6,9-10,12,18-19H,7-8,11H2,(H,22,24)/b4-3-. The summed E-state index contributed by atoms with van der Waals surface area (Å²) in [4.78, 5) is 27.0. The van der Waals surface area contributed by atoms with E-state index < -0.39 is 12.1 Å². The number of nitrogens with zero attached hydrogens (tertiary/aromatic N) is 1. The van der Waals surface area contributed by atoms with Gasteiger partial charge >= 0.3 is 0 Å². The van der Waals surface area contributed by atoms with Crippen molar-refractivity contribution in [1.82, 2.24) is 5.32 Å². The van der Waals surface area contributed by atoms with Crippen LogP contribution >= 0.6 is 0 Å². The van der Waals surface area contributed by atoms with E-state index in [1.54, 1.807) is 4.90 Å². The zero-order valence-corrected chi connectivity index (χ0v) is 13.7. The van der Waals surface area contributed by atoms with Crippen molar-refractivity contribution in [2.75, 3.05) is 4.90 Å². The number of hydrogen-bond donors (Lipinski definition) is 1. The normalized spacial score (nSPS) is 25.0. The molecule has 0 spiro atoms. The fourth-order valence-electron chi connectivity index (χ4n) is 4.19. The second kappa shape index (κ2) is 5.31. The minimum Gasteiger partial charge on any atom is -0.342 e. The van der Waals surface area contributed by atoms with Crippen LogP contribution in [-0.2, 0) is 16.0 Å². The first-order valence-electron chi connectivity index (χ1n) is 8.72. The van der Waals surface area contributed by atoms with E-state index >= 15 is 0 Å². The van der Waals surface area contributed by atoms with E-state index in [9.17, 15) is 9.59 Å². The van der Waals surface area contributed by atoms with Crippen LogP contribution in [0.2, 0.25) is 0 Å². The number of rotatable bonds is 1. The van der Waals surface area contributed by atoms with Crippen LogP contribution in [0.25, 0.3) is 11.1 Å². The maximum atomic E-state index is 12.9. The molecule has 3 aliphatic heterocycles. The van der Waals surface area contributed by atoms with Crippen LogP contribution in [0.5, 0.6) is 0 Å². The lowest BCUT2D eigenvalue weighted by Gasteiger charge is -2.39. The number of fused-ring (bicyclic) bond motifs is 7. The molecular formula is C21H18N2O2. The van der Waals surface area contributed by atoms with Gasteiger partial charge in [-0.25, -0.2) is 0 Å². The smallest absolute Gasteiger partial charge is 0.250 e. The minimum atomic E-state index is -0.456. The molecule has 124 valence electrons. The molecule has 0 saturated carbocycles. The number of hydrogen-bond acceptors (Lipinski definition) is 2. The van der Waals surface area contributed by atoms with Gasteiger partial charge in [0.1, 0.15) is 12.1 Å². The number of carbonyl (C=O) groups is 2. The predicted octanol–water partition coefficient (Wildman–Crippen LogP) is 2.81. The molecule has 2 bridgehead atoms. The maximum absolute atomic E-state index is 12.9. The van der Waals surface area contributed by atoms with Crippen LogP contribution in [-0.4, -0.2) is 23.9 Å². The van der Waals surface area contributed by atoms with Gasteiger partial charge in [0.25, 0.3) is 5.91 Å². The summed E-state index contributed by atoms with van der Waals surface area (Å²) >= 11 is 0. The van der Waals surface area contributed by atoms with E-state index in [0.717, 1.165) is 12.1 Å². The summed E-state index contributed by atoms with van der Waals surface area (Å²) in [6, 6.07) is 13.6. The highest BCUT2D eigenvalue weighted by atomic mass is 16.2. The third-order valence-electron chi connectivity index (χ3n) is 5.42. The maximum Gasteiger partial charge on any atom is 0.250 e.